The molecule has 0 aliphatic rings. The van der Waals surface area contributed by atoms with Crippen LogP contribution < -0.4 is 4.74 Å². The maximum absolute atomic E-state index is 11.6. The topological polar surface area (TPSA) is 49.8 Å². The molecule has 0 fully saturated rings. The highest BCUT2D eigenvalue weighted by Gasteiger charge is 2.08. The summed E-state index contributed by atoms with van der Waals surface area (Å²) < 4.78 is 5.58. The van der Waals surface area contributed by atoms with Crippen molar-refractivity contribution in [2.45, 2.75) is 20.3 Å². The van der Waals surface area contributed by atoms with E-state index in [-0.39, 0.29) is 12.5 Å². The second kappa shape index (κ2) is 7.01. The van der Waals surface area contributed by atoms with Crippen molar-refractivity contribution in [3.05, 3.63) is 29.3 Å². The van der Waals surface area contributed by atoms with E-state index in [4.69, 9.17) is 9.84 Å². The fourth-order valence-corrected chi connectivity index (χ4v) is 1.68. The van der Waals surface area contributed by atoms with Gasteiger partial charge >= 0.3 is 0 Å². The Balaban J connectivity index is 2.39. The number of aliphatic hydroxyl groups excluding tert-OH is 1. The molecule has 0 spiro atoms. The Bertz CT molecular complexity index is 404. The first-order chi connectivity index (χ1) is 8.54. The van der Waals surface area contributed by atoms with Crippen molar-refractivity contribution in [3.63, 3.8) is 0 Å². The van der Waals surface area contributed by atoms with Gasteiger partial charge in [-0.15, -0.1) is 0 Å². The maximum atomic E-state index is 11.6. The fraction of sp³-hybridized carbons (Fsp3) is 0.500. The van der Waals surface area contributed by atoms with E-state index in [1.807, 2.05) is 26.0 Å². The zero-order valence-corrected chi connectivity index (χ0v) is 11.3. The molecule has 0 saturated carbocycles. The van der Waals surface area contributed by atoms with E-state index in [2.05, 4.69) is 6.07 Å². The van der Waals surface area contributed by atoms with Crippen LogP contribution in [0.2, 0.25) is 0 Å². The lowest BCUT2D eigenvalue weighted by Gasteiger charge is -2.16. The first kappa shape index (κ1) is 14.5. The molecule has 4 heteroatoms. The van der Waals surface area contributed by atoms with Gasteiger partial charge in [-0.3, -0.25) is 4.79 Å². The van der Waals surface area contributed by atoms with Crippen molar-refractivity contribution >= 4 is 5.91 Å². The number of carbonyl (C=O) groups excluding carboxylic acids is 1. The molecule has 0 heterocycles. The summed E-state index contributed by atoms with van der Waals surface area (Å²) in [5.41, 5.74) is 2.27. The van der Waals surface area contributed by atoms with Gasteiger partial charge in [-0.2, -0.15) is 0 Å². The molecule has 4 nitrogen and oxygen atoms in total. The highest BCUT2D eigenvalue weighted by atomic mass is 16.5. The lowest BCUT2D eigenvalue weighted by Crippen LogP contribution is -2.30. The van der Waals surface area contributed by atoms with Gasteiger partial charge in [0.15, 0.2) is 0 Å². The largest absolute Gasteiger partial charge is 0.493 e. The summed E-state index contributed by atoms with van der Waals surface area (Å²) >= 11 is 0. The molecule has 0 aliphatic heterocycles. The number of nitrogens with zero attached hydrogens (tertiary/aromatic N) is 1. The van der Waals surface area contributed by atoms with Gasteiger partial charge in [-0.1, -0.05) is 17.7 Å². The normalized spacial score (nSPS) is 10.2. The smallest absolute Gasteiger partial charge is 0.225 e. The summed E-state index contributed by atoms with van der Waals surface area (Å²) in [4.78, 5) is 13.1. The fourth-order valence-electron chi connectivity index (χ4n) is 1.68. The molecule has 0 saturated heterocycles. The van der Waals surface area contributed by atoms with Crippen molar-refractivity contribution in [3.8, 4) is 5.75 Å². The lowest BCUT2D eigenvalue weighted by atomic mass is 10.1. The van der Waals surface area contributed by atoms with Gasteiger partial charge < -0.3 is 14.7 Å². The van der Waals surface area contributed by atoms with Crippen LogP contribution in [0.15, 0.2) is 18.2 Å². The summed E-state index contributed by atoms with van der Waals surface area (Å²) in [7, 11) is 1.68. The number of benzene rings is 1. The van der Waals surface area contributed by atoms with E-state index in [1.165, 1.54) is 10.5 Å². The molecule has 100 valence electrons. The standard InChI is InChI=1S/C14H21NO3/c1-11-4-5-13(12(2)10-11)18-9-6-14(17)15(3)7-8-16/h4-5,10,16H,6-9H2,1-3H3. The predicted molar refractivity (Wildman–Crippen MR) is 70.8 cm³/mol. The van der Waals surface area contributed by atoms with Crippen molar-refractivity contribution < 1.29 is 14.6 Å². The van der Waals surface area contributed by atoms with Crippen LogP contribution in [0.3, 0.4) is 0 Å². The van der Waals surface area contributed by atoms with Crippen LogP contribution in [0.5, 0.6) is 5.75 Å². The monoisotopic (exact) mass is 251 g/mol. The zero-order valence-electron chi connectivity index (χ0n) is 11.3. The molecule has 18 heavy (non-hydrogen) atoms. The Labute approximate surface area is 108 Å². The van der Waals surface area contributed by atoms with Gasteiger partial charge in [0.1, 0.15) is 5.75 Å². The molecule has 1 N–H and O–H groups in total. The molecule has 0 radical (unpaired) electrons. The Morgan fingerprint density at radius 3 is 2.72 bits per heavy atom. The quantitative estimate of drug-likeness (QED) is 0.834. The SMILES string of the molecule is Cc1ccc(OCCC(=O)N(C)CCO)c(C)c1. The molecule has 0 bridgehead atoms. The Morgan fingerprint density at radius 1 is 1.39 bits per heavy atom. The van der Waals surface area contributed by atoms with Crippen LogP contribution in [0.4, 0.5) is 0 Å². The molecule has 1 aromatic carbocycles. The first-order valence-corrected chi connectivity index (χ1v) is 6.09. The van der Waals surface area contributed by atoms with Crippen LogP contribution in [0.1, 0.15) is 17.5 Å². The third kappa shape index (κ3) is 4.37. The molecule has 1 aromatic rings. The Morgan fingerprint density at radius 2 is 2.11 bits per heavy atom. The van der Waals surface area contributed by atoms with Gasteiger partial charge in [0.2, 0.25) is 5.91 Å². The number of likely N-dealkylation sites (N-methyl/N-ethyl adjacent to an activating group) is 1. The molecule has 0 unspecified atom stereocenters. The predicted octanol–water partition coefficient (Wildman–Crippen LogP) is 1.52. The van der Waals surface area contributed by atoms with Crippen LogP contribution in [0, 0.1) is 13.8 Å². The summed E-state index contributed by atoms with van der Waals surface area (Å²) in [5.74, 6) is 0.798. The van der Waals surface area contributed by atoms with Gasteiger partial charge in [0, 0.05) is 13.6 Å². The van der Waals surface area contributed by atoms with E-state index in [0.717, 1.165) is 11.3 Å². The average Bonchev–Trinajstić information content (AvgIpc) is 2.32. The van der Waals surface area contributed by atoms with E-state index in [9.17, 15) is 4.79 Å². The summed E-state index contributed by atoms with van der Waals surface area (Å²) in [6.07, 6.45) is 0.323. The number of hydrogen-bond acceptors (Lipinski definition) is 3. The Hall–Kier alpha value is -1.55. The van der Waals surface area contributed by atoms with E-state index >= 15 is 0 Å². The number of hydrogen-bond donors (Lipinski definition) is 1. The zero-order chi connectivity index (χ0) is 13.5. The molecule has 0 atom stereocenters. The summed E-state index contributed by atoms with van der Waals surface area (Å²) in [6, 6.07) is 5.96. The molecule has 1 rings (SSSR count). The average molecular weight is 251 g/mol. The third-order valence-electron chi connectivity index (χ3n) is 2.77. The summed E-state index contributed by atoms with van der Waals surface area (Å²) in [5, 5.41) is 8.73. The molecule has 0 aliphatic carbocycles. The first-order valence-electron chi connectivity index (χ1n) is 6.09. The number of amides is 1. The van der Waals surface area contributed by atoms with Crippen LogP contribution >= 0.6 is 0 Å². The van der Waals surface area contributed by atoms with Crippen molar-refractivity contribution in [1.29, 1.82) is 0 Å². The molecular weight excluding hydrogens is 230 g/mol. The third-order valence-corrected chi connectivity index (χ3v) is 2.77. The highest BCUT2D eigenvalue weighted by molar-refractivity contribution is 5.75. The van der Waals surface area contributed by atoms with Crippen molar-refractivity contribution in [2.24, 2.45) is 0 Å². The van der Waals surface area contributed by atoms with E-state index in [0.29, 0.717) is 19.6 Å². The highest BCUT2D eigenvalue weighted by Crippen LogP contribution is 2.18. The van der Waals surface area contributed by atoms with Gasteiger partial charge in [-0.05, 0) is 25.5 Å². The second-order valence-corrected chi connectivity index (χ2v) is 4.41. The van der Waals surface area contributed by atoms with Gasteiger partial charge in [-0.25, -0.2) is 0 Å². The minimum absolute atomic E-state index is 0.0137. The minimum atomic E-state index is -0.0196. The lowest BCUT2D eigenvalue weighted by molar-refractivity contribution is -0.130. The summed E-state index contributed by atoms with van der Waals surface area (Å²) in [6.45, 7) is 4.73. The molecular formula is C14H21NO3. The number of aryl methyl sites for hydroxylation is 2. The van der Waals surface area contributed by atoms with Gasteiger partial charge in [0.25, 0.3) is 0 Å². The number of ether oxygens (including phenoxy) is 1. The van der Waals surface area contributed by atoms with Gasteiger partial charge in [0.05, 0.1) is 19.6 Å². The Kier molecular flexibility index (Phi) is 5.65. The van der Waals surface area contributed by atoms with Crippen molar-refractivity contribution in [2.75, 3.05) is 26.8 Å². The van der Waals surface area contributed by atoms with Crippen LogP contribution in [0.25, 0.3) is 0 Å². The second-order valence-electron chi connectivity index (χ2n) is 4.41. The minimum Gasteiger partial charge on any atom is -0.493 e. The maximum Gasteiger partial charge on any atom is 0.225 e. The van der Waals surface area contributed by atoms with Crippen LogP contribution in [-0.2, 0) is 4.79 Å². The van der Waals surface area contributed by atoms with E-state index < -0.39 is 0 Å². The molecule has 1 amide bonds. The molecule has 0 aromatic heterocycles. The van der Waals surface area contributed by atoms with E-state index in [1.54, 1.807) is 7.05 Å². The number of rotatable bonds is 6. The van der Waals surface area contributed by atoms with Crippen LogP contribution in [-0.4, -0.2) is 42.7 Å². The van der Waals surface area contributed by atoms with Crippen molar-refractivity contribution in [1.82, 2.24) is 4.90 Å². The number of aliphatic hydroxyl groups is 1. The number of carbonyl (C=O) groups is 1.